The van der Waals surface area contributed by atoms with Crippen molar-refractivity contribution in [1.29, 1.82) is 0 Å². The van der Waals surface area contributed by atoms with Gasteiger partial charge in [-0.3, -0.25) is 14.4 Å². The SMILES string of the molecule is CCC1=C(C)/C(=C/c2[nH]c(C)c(C(=O)CCCCC(=O)O)c2C)NC1=O. The van der Waals surface area contributed by atoms with E-state index in [0.29, 0.717) is 31.2 Å². The number of Topliss-reactive ketones (excluding diaryl/α,β-unsaturated/α-hetero) is 1. The molecule has 140 valence electrons. The summed E-state index contributed by atoms with van der Waals surface area (Å²) < 4.78 is 0. The minimum Gasteiger partial charge on any atom is -0.481 e. The number of carboxylic acid groups (broad SMARTS) is 1. The van der Waals surface area contributed by atoms with E-state index in [-0.39, 0.29) is 18.1 Å². The fourth-order valence-electron chi connectivity index (χ4n) is 3.36. The van der Waals surface area contributed by atoms with Gasteiger partial charge in [-0.2, -0.15) is 0 Å². The van der Waals surface area contributed by atoms with Crippen molar-refractivity contribution in [2.24, 2.45) is 0 Å². The molecule has 26 heavy (non-hydrogen) atoms. The van der Waals surface area contributed by atoms with Gasteiger partial charge in [-0.15, -0.1) is 0 Å². The number of ketones is 1. The Morgan fingerprint density at radius 3 is 2.35 bits per heavy atom. The molecule has 0 spiro atoms. The third-order valence-corrected chi connectivity index (χ3v) is 4.82. The van der Waals surface area contributed by atoms with Crippen LogP contribution in [0.1, 0.15) is 73.3 Å². The van der Waals surface area contributed by atoms with Gasteiger partial charge in [0.2, 0.25) is 0 Å². The van der Waals surface area contributed by atoms with Crippen LogP contribution in [0.4, 0.5) is 0 Å². The van der Waals surface area contributed by atoms with Crippen LogP contribution in [0.3, 0.4) is 0 Å². The zero-order chi connectivity index (χ0) is 19.4. The Morgan fingerprint density at radius 1 is 1.12 bits per heavy atom. The largest absolute Gasteiger partial charge is 0.481 e. The van der Waals surface area contributed by atoms with E-state index >= 15 is 0 Å². The predicted molar refractivity (Wildman–Crippen MR) is 99.8 cm³/mol. The molecule has 0 unspecified atom stereocenters. The van der Waals surface area contributed by atoms with E-state index in [9.17, 15) is 14.4 Å². The number of carbonyl (C=O) groups excluding carboxylic acids is 2. The number of aromatic amines is 1. The molecule has 2 heterocycles. The minimum absolute atomic E-state index is 0.0169. The Hall–Kier alpha value is -2.63. The summed E-state index contributed by atoms with van der Waals surface area (Å²) in [5.74, 6) is -0.885. The van der Waals surface area contributed by atoms with E-state index in [2.05, 4.69) is 10.3 Å². The van der Waals surface area contributed by atoms with E-state index in [4.69, 9.17) is 5.11 Å². The van der Waals surface area contributed by atoms with E-state index < -0.39 is 5.97 Å². The molecule has 1 aliphatic heterocycles. The number of nitrogens with one attached hydrogen (secondary N) is 2. The molecule has 2 rings (SSSR count). The molecule has 0 atom stereocenters. The van der Waals surface area contributed by atoms with Gasteiger partial charge >= 0.3 is 5.97 Å². The second-order valence-electron chi connectivity index (χ2n) is 6.66. The third-order valence-electron chi connectivity index (χ3n) is 4.82. The van der Waals surface area contributed by atoms with Crippen molar-refractivity contribution in [3.05, 3.63) is 39.4 Å². The number of unbranched alkanes of at least 4 members (excludes halogenated alkanes) is 1. The number of carboxylic acids is 1. The van der Waals surface area contributed by atoms with Gasteiger partial charge < -0.3 is 15.4 Å². The summed E-state index contributed by atoms with van der Waals surface area (Å²) in [6.07, 6.45) is 4.02. The predicted octanol–water partition coefficient (Wildman–Crippen LogP) is 3.66. The molecule has 1 aromatic rings. The van der Waals surface area contributed by atoms with Crippen LogP contribution in [0, 0.1) is 13.8 Å². The van der Waals surface area contributed by atoms with Crippen molar-refractivity contribution in [1.82, 2.24) is 10.3 Å². The number of rotatable bonds is 8. The number of allylic oxidation sites excluding steroid dienone is 1. The van der Waals surface area contributed by atoms with Crippen molar-refractivity contribution >= 4 is 23.7 Å². The molecule has 0 aromatic carbocycles. The highest BCUT2D eigenvalue weighted by molar-refractivity contribution is 6.02. The lowest BCUT2D eigenvalue weighted by Gasteiger charge is -2.03. The molecule has 0 saturated carbocycles. The van der Waals surface area contributed by atoms with Gasteiger partial charge in [0.25, 0.3) is 5.91 Å². The molecule has 3 N–H and O–H groups in total. The molecular formula is C20H26N2O4. The van der Waals surface area contributed by atoms with E-state index in [0.717, 1.165) is 33.8 Å². The maximum Gasteiger partial charge on any atom is 0.303 e. The molecule has 1 aliphatic rings. The van der Waals surface area contributed by atoms with Gasteiger partial charge in [-0.25, -0.2) is 0 Å². The summed E-state index contributed by atoms with van der Waals surface area (Å²) >= 11 is 0. The Bertz CT molecular complexity index is 812. The Labute approximate surface area is 153 Å². The van der Waals surface area contributed by atoms with Gasteiger partial charge in [0.05, 0.1) is 0 Å². The van der Waals surface area contributed by atoms with Gasteiger partial charge in [0, 0.05) is 41.1 Å². The minimum atomic E-state index is -0.839. The molecule has 6 heteroatoms. The second kappa shape index (κ2) is 8.17. The van der Waals surface area contributed by atoms with Crippen LogP contribution in [0.5, 0.6) is 0 Å². The first-order chi connectivity index (χ1) is 12.3. The summed E-state index contributed by atoms with van der Waals surface area (Å²) in [7, 11) is 0. The van der Waals surface area contributed by atoms with Crippen LogP contribution in [-0.4, -0.2) is 27.8 Å². The van der Waals surface area contributed by atoms with Crippen molar-refractivity contribution in [2.75, 3.05) is 0 Å². The van der Waals surface area contributed by atoms with Crippen LogP contribution in [-0.2, 0) is 9.59 Å². The Morgan fingerprint density at radius 2 is 1.77 bits per heavy atom. The number of H-pyrrole nitrogens is 1. The number of aliphatic carboxylic acids is 1. The van der Waals surface area contributed by atoms with Crippen molar-refractivity contribution in [3.8, 4) is 0 Å². The smallest absolute Gasteiger partial charge is 0.303 e. The highest BCUT2D eigenvalue weighted by atomic mass is 16.4. The number of carbonyl (C=O) groups is 3. The second-order valence-corrected chi connectivity index (χ2v) is 6.66. The molecule has 1 aromatic heterocycles. The zero-order valence-corrected chi connectivity index (χ0v) is 15.8. The molecule has 0 aliphatic carbocycles. The van der Waals surface area contributed by atoms with Gasteiger partial charge in [0.15, 0.2) is 5.78 Å². The van der Waals surface area contributed by atoms with Crippen LogP contribution < -0.4 is 5.32 Å². The average Bonchev–Trinajstić information content (AvgIpc) is 2.99. The maximum atomic E-state index is 12.5. The Kier molecular flexibility index (Phi) is 6.18. The van der Waals surface area contributed by atoms with Gasteiger partial charge in [-0.05, 0) is 57.2 Å². The molecule has 0 bridgehead atoms. The number of aryl methyl sites for hydroxylation is 1. The van der Waals surface area contributed by atoms with Crippen LogP contribution in [0.25, 0.3) is 6.08 Å². The number of amides is 1. The number of aromatic nitrogens is 1. The first kappa shape index (κ1) is 19.7. The lowest BCUT2D eigenvalue weighted by molar-refractivity contribution is -0.137. The summed E-state index contributed by atoms with van der Waals surface area (Å²) in [4.78, 5) is 38.3. The van der Waals surface area contributed by atoms with E-state index in [1.54, 1.807) is 0 Å². The first-order valence-corrected chi connectivity index (χ1v) is 8.93. The summed E-state index contributed by atoms with van der Waals surface area (Å²) in [5.41, 5.74) is 5.59. The normalized spacial score (nSPS) is 15.7. The van der Waals surface area contributed by atoms with Crippen molar-refractivity contribution in [3.63, 3.8) is 0 Å². The number of hydrogen-bond acceptors (Lipinski definition) is 3. The highest BCUT2D eigenvalue weighted by Gasteiger charge is 2.24. The first-order valence-electron chi connectivity index (χ1n) is 8.93. The molecule has 0 fully saturated rings. The summed E-state index contributed by atoms with van der Waals surface area (Å²) in [5, 5.41) is 11.5. The van der Waals surface area contributed by atoms with Gasteiger partial charge in [0.1, 0.15) is 0 Å². The lowest BCUT2D eigenvalue weighted by Crippen LogP contribution is -2.16. The van der Waals surface area contributed by atoms with Gasteiger partial charge in [-0.1, -0.05) is 6.92 Å². The molecule has 6 nitrogen and oxygen atoms in total. The standard InChI is InChI=1S/C20H26N2O4/c1-5-14-11(2)15(22-20(14)26)10-16-12(3)19(13(4)21-16)17(23)8-6-7-9-18(24)25/h10,21H,5-9H2,1-4H3,(H,22,26)(H,24,25)/b15-10-. The summed E-state index contributed by atoms with van der Waals surface area (Å²) in [6.45, 7) is 7.61. The van der Waals surface area contributed by atoms with E-state index in [1.807, 2.05) is 33.8 Å². The van der Waals surface area contributed by atoms with Crippen LogP contribution >= 0.6 is 0 Å². The third kappa shape index (κ3) is 4.12. The highest BCUT2D eigenvalue weighted by Crippen LogP contribution is 2.27. The quantitative estimate of drug-likeness (QED) is 0.488. The molecular weight excluding hydrogens is 332 g/mol. The fraction of sp³-hybridized carbons (Fsp3) is 0.450. The lowest BCUT2D eigenvalue weighted by atomic mass is 10.0. The molecule has 1 amide bonds. The monoisotopic (exact) mass is 358 g/mol. The zero-order valence-electron chi connectivity index (χ0n) is 15.8. The summed E-state index contributed by atoms with van der Waals surface area (Å²) in [6, 6.07) is 0. The average molecular weight is 358 g/mol. The van der Waals surface area contributed by atoms with Crippen molar-refractivity contribution < 1.29 is 19.5 Å². The number of hydrogen-bond donors (Lipinski definition) is 3. The van der Waals surface area contributed by atoms with Crippen LogP contribution in [0.15, 0.2) is 16.8 Å². The Balaban J connectivity index is 2.19. The van der Waals surface area contributed by atoms with E-state index in [1.165, 1.54) is 0 Å². The van der Waals surface area contributed by atoms with Crippen LogP contribution in [0.2, 0.25) is 0 Å². The molecule has 0 saturated heterocycles. The topological polar surface area (TPSA) is 99.3 Å². The van der Waals surface area contributed by atoms with Crippen molar-refractivity contribution in [2.45, 2.75) is 59.8 Å². The maximum absolute atomic E-state index is 12.5. The molecule has 0 radical (unpaired) electrons. The fourth-order valence-corrected chi connectivity index (χ4v) is 3.36.